The van der Waals surface area contributed by atoms with Crippen LogP contribution in [-0.2, 0) is 9.53 Å². The van der Waals surface area contributed by atoms with Crippen molar-refractivity contribution in [3.63, 3.8) is 0 Å². The molecule has 0 saturated carbocycles. The van der Waals surface area contributed by atoms with E-state index in [0.717, 1.165) is 21.4 Å². The van der Waals surface area contributed by atoms with E-state index in [1.54, 1.807) is 4.90 Å². The Labute approximate surface area is 139 Å². The highest BCUT2D eigenvalue weighted by atomic mass is 16.5. The Bertz CT molecular complexity index is 830. The SMILES string of the molecule is COC(=O)[C@@H]1C[C@H](O)C[NH+]1CN1C(=O)c2cccc3cccc1c23. The molecule has 2 aromatic carbocycles. The lowest BCUT2D eigenvalue weighted by Crippen LogP contribution is -3.16. The standard InChI is InChI=1S/C18H18N2O4/c1-24-18(23)15-8-12(21)9-19(15)10-20-14-7-3-5-11-4-2-6-13(16(11)14)17(20)22/h2-7,12,15,21H,8-10H2,1H3/p+1/t12-,15-/m0/s1. The van der Waals surface area contributed by atoms with Crippen LogP contribution in [0.2, 0.25) is 0 Å². The number of carbonyl (C=O) groups is 2. The summed E-state index contributed by atoms with van der Waals surface area (Å²) < 4.78 is 4.85. The monoisotopic (exact) mass is 327 g/mol. The maximum Gasteiger partial charge on any atom is 0.364 e. The van der Waals surface area contributed by atoms with Gasteiger partial charge in [-0.3, -0.25) is 9.69 Å². The van der Waals surface area contributed by atoms with E-state index in [2.05, 4.69) is 0 Å². The molecule has 0 radical (unpaired) electrons. The molecule has 1 fully saturated rings. The number of hydrogen-bond acceptors (Lipinski definition) is 4. The number of carbonyl (C=O) groups excluding carboxylic acids is 2. The van der Waals surface area contributed by atoms with Crippen LogP contribution >= 0.6 is 0 Å². The van der Waals surface area contributed by atoms with E-state index in [0.29, 0.717) is 25.2 Å². The quantitative estimate of drug-likeness (QED) is 0.776. The molecule has 0 bridgehead atoms. The van der Waals surface area contributed by atoms with E-state index < -0.39 is 12.1 Å². The second-order valence-corrected chi connectivity index (χ2v) is 6.40. The van der Waals surface area contributed by atoms with Crippen molar-refractivity contribution in [1.29, 1.82) is 0 Å². The zero-order chi connectivity index (χ0) is 16.8. The minimum absolute atomic E-state index is 0.0562. The van der Waals surface area contributed by atoms with Gasteiger partial charge >= 0.3 is 5.97 Å². The zero-order valence-electron chi connectivity index (χ0n) is 13.4. The van der Waals surface area contributed by atoms with Crippen molar-refractivity contribution in [2.45, 2.75) is 18.6 Å². The van der Waals surface area contributed by atoms with Gasteiger partial charge in [-0.05, 0) is 17.5 Å². The van der Waals surface area contributed by atoms with Crippen LogP contribution in [-0.4, -0.2) is 49.5 Å². The number of methoxy groups -OCH3 is 1. The maximum atomic E-state index is 12.8. The molecule has 6 nitrogen and oxygen atoms in total. The Morgan fingerprint density at radius 2 is 2.08 bits per heavy atom. The number of ether oxygens (including phenoxy) is 1. The van der Waals surface area contributed by atoms with E-state index in [-0.39, 0.29) is 11.9 Å². The van der Waals surface area contributed by atoms with Crippen molar-refractivity contribution in [3.8, 4) is 0 Å². The summed E-state index contributed by atoms with van der Waals surface area (Å²) in [4.78, 5) is 27.4. The summed E-state index contributed by atoms with van der Waals surface area (Å²) in [5, 5.41) is 11.9. The summed E-state index contributed by atoms with van der Waals surface area (Å²) in [6, 6.07) is 11.1. The molecule has 124 valence electrons. The van der Waals surface area contributed by atoms with E-state index in [4.69, 9.17) is 4.74 Å². The first-order valence-corrected chi connectivity index (χ1v) is 8.04. The van der Waals surface area contributed by atoms with Crippen molar-refractivity contribution in [3.05, 3.63) is 42.0 Å². The van der Waals surface area contributed by atoms with Gasteiger partial charge in [0.05, 0.1) is 18.4 Å². The average Bonchev–Trinajstić information content (AvgIpc) is 3.09. The summed E-state index contributed by atoms with van der Waals surface area (Å²) in [7, 11) is 1.35. The molecule has 3 atom stereocenters. The average molecular weight is 327 g/mol. The molecule has 2 heterocycles. The molecular formula is C18H19N2O4+. The molecule has 0 spiro atoms. The zero-order valence-corrected chi connectivity index (χ0v) is 13.4. The lowest BCUT2D eigenvalue weighted by atomic mass is 10.1. The molecule has 0 aromatic heterocycles. The van der Waals surface area contributed by atoms with Gasteiger partial charge in [-0.15, -0.1) is 0 Å². The molecular weight excluding hydrogens is 308 g/mol. The lowest BCUT2D eigenvalue weighted by Gasteiger charge is -2.25. The van der Waals surface area contributed by atoms with Gasteiger partial charge in [0.15, 0.2) is 12.7 Å². The first-order valence-electron chi connectivity index (χ1n) is 8.04. The second kappa shape index (κ2) is 5.58. The molecule has 1 amide bonds. The Morgan fingerprint density at radius 1 is 1.33 bits per heavy atom. The highest BCUT2D eigenvalue weighted by Crippen LogP contribution is 2.36. The van der Waals surface area contributed by atoms with Gasteiger partial charge in [-0.1, -0.05) is 24.3 Å². The maximum absolute atomic E-state index is 12.8. The third kappa shape index (κ3) is 2.18. The van der Waals surface area contributed by atoms with E-state index >= 15 is 0 Å². The van der Waals surface area contributed by atoms with E-state index in [1.807, 2.05) is 36.4 Å². The number of rotatable bonds is 3. The summed E-state index contributed by atoms with van der Waals surface area (Å²) in [5.74, 6) is -0.400. The van der Waals surface area contributed by atoms with Crippen LogP contribution in [0.5, 0.6) is 0 Å². The lowest BCUT2D eigenvalue weighted by molar-refractivity contribution is -0.903. The summed E-state index contributed by atoms with van der Waals surface area (Å²) in [6.07, 6.45) is -0.193. The summed E-state index contributed by atoms with van der Waals surface area (Å²) in [5.41, 5.74) is 1.56. The van der Waals surface area contributed by atoms with Gasteiger partial charge < -0.3 is 14.7 Å². The van der Waals surface area contributed by atoms with Crippen LogP contribution in [0.25, 0.3) is 10.8 Å². The van der Waals surface area contributed by atoms with Crippen LogP contribution in [0, 0.1) is 0 Å². The molecule has 1 saturated heterocycles. The highest BCUT2D eigenvalue weighted by molar-refractivity contribution is 6.24. The number of benzene rings is 2. The van der Waals surface area contributed by atoms with Crippen molar-refractivity contribution in [2.75, 3.05) is 25.2 Å². The molecule has 1 unspecified atom stereocenters. The number of nitrogens with zero attached hydrogens (tertiary/aromatic N) is 1. The second-order valence-electron chi connectivity index (χ2n) is 6.40. The largest absolute Gasteiger partial charge is 0.465 e. The molecule has 2 aromatic rings. The molecule has 24 heavy (non-hydrogen) atoms. The first-order chi connectivity index (χ1) is 11.6. The van der Waals surface area contributed by atoms with Crippen LogP contribution in [0.4, 0.5) is 5.69 Å². The third-order valence-corrected chi connectivity index (χ3v) is 4.99. The van der Waals surface area contributed by atoms with Crippen LogP contribution in [0.1, 0.15) is 16.8 Å². The first kappa shape index (κ1) is 15.1. The van der Waals surface area contributed by atoms with E-state index in [1.165, 1.54) is 7.11 Å². The molecule has 4 rings (SSSR count). The number of nitrogens with one attached hydrogen (secondary N) is 1. The molecule has 2 aliphatic heterocycles. The van der Waals surface area contributed by atoms with Gasteiger partial charge in [0.2, 0.25) is 0 Å². The summed E-state index contributed by atoms with van der Waals surface area (Å²) >= 11 is 0. The topological polar surface area (TPSA) is 71.3 Å². The molecule has 2 aliphatic rings. The number of likely N-dealkylation sites (tertiary alicyclic amines) is 1. The van der Waals surface area contributed by atoms with Crippen LogP contribution in [0.15, 0.2) is 36.4 Å². The van der Waals surface area contributed by atoms with E-state index in [9.17, 15) is 14.7 Å². The van der Waals surface area contributed by atoms with Gasteiger partial charge in [-0.25, -0.2) is 4.79 Å². The van der Waals surface area contributed by atoms with Crippen molar-refractivity contribution in [2.24, 2.45) is 0 Å². The van der Waals surface area contributed by atoms with Gasteiger partial charge in [0, 0.05) is 11.8 Å². The Hall–Kier alpha value is -2.44. The fraction of sp³-hybridized carbons (Fsp3) is 0.333. The molecule has 6 heteroatoms. The Morgan fingerprint density at radius 3 is 2.83 bits per heavy atom. The smallest absolute Gasteiger partial charge is 0.364 e. The van der Waals surface area contributed by atoms with Crippen LogP contribution < -0.4 is 9.80 Å². The third-order valence-electron chi connectivity index (χ3n) is 4.99. The number of esters is 1. The number of quaternary nitrogens is 1. The Kier molecular flexibility index (Phi) is 3.51. The highest BCUT2D eigenvalue weighted by Gasteiger charge is 2.43. The number of hydrogen-bond donors (Lipinski definition) is 2. The summed E-state index contributed by atoms with van der Waals surface area (Å²) in [6.45, 7) is 0.763. The minimum atomic E-state index is -0.556. The normalized spacial score (nSPS) is 25.5. The van der Waals surface area contributed by atoms with Crippen LogP contribution in [0.3, 0.4) is 0 Å². The fourth-order valence-electron chi connectivity index (χ4n) is 3.89. The van der Waals surface area contributed by atoms with Gasteiger partial charge in [-0.2, -0.15) is 0 Å². The molecule has 2 N–H and O–H groups in total. The van der Waals surface area contributed by atoms with Gasteiger partial charge in [0.1, 0.15) is 12.6 Å². The van der Waals surface area contributed by atoms with Gasteiger partial charge in [0.25, 0.3) is 5.91 Å². The minimum Gasteiger partial charge on any atom is -0.465 e. The fourth-order valence-corrected chi connectivity index (χ4v) is 3.89. The van der Waals surface area contributed by atoms with Crippen molar-refractivity contribution < 1.29 is 24.3 Å². The number of anilines is 1. The predicted octanol–water partition coefficient (Wildman–Crippen LogP) is -0.0514. The number of aliphatic hydroxyl groups is 1. The predicted molar refractivity (Wildman–Crippen MR) is 87.9 cm³/mol. The molecule has 0 aliphatic carbocycles. The Balaban J connectivity index is 1.68. The number of amides is 1. The van der Waals surface area contributed by atoms with Crippen molar-refractivity contribution >= 4 is 28.3 Å². The van der Waals surface area contributed by atoms with Crippen molar-refractivity contribution in [1.82, 2.24) is 0 Å². The number of aliphatic hydroxyl groups excluding tert-OH is 1.